The average Bonchev–Trinajstić information content (AvgIpc) is 3.37. The van der Waals surface area contributed by atoms with Crippen LogP contribution in [0.4, 0.5) is 0 Å². The van der Waals surface area contributed by atoms with Gasteiger partial charge in [0, 0.05) is 17.4 Å². The normalized spacial score (nSPS) is 12.9. The highest BCUT2D eigenvalue weighted by atomic mass is 32.1. The summed E-state index contributed by atoms with van der Waals surface area (Å²) in [6, 6.07) is 10.2. The van der Waals surface area contributed by atoms with E-state index in [1.807, 2.05) is 18.2 Å². The second-order valence-electron chi connectivity index (χ2n) is 7.22. The minimum atomic E-state index is -1.04. The van der Waals surface area contributed by atoms with E-state index in [1.54, 1.807) is 19.2 Å². The Bertz CT molecular complexity index is 1230. The van der Waals surface area contributed by atoms with Crippen LogP contribution < -0.4 is 10.2 Å². The van der Waals surface area contributed by atoms with E-state index in [1.165, 1.54) is 29.5 Å². The summed E-state index contributed by atoms with van der Waals surface area (Å²) in [5.41, 5.74) is 6.41. The number of hydrogen-bond acceptors (Lipinski definition) is 6. The van der Waals surface area contributed by atoms with Crippen molar-refractivity contribution in [1.82, 2.24) is 5.43 Å². The largest absolute Gasteiger partial charge is 0.506 e. The molecular weight excluding hydrogens is 416 g/mol. The molecule has 3 aromatic rings. The molecule has 3 N–H and O–H groups in total. The molecule has 7 nitrogen and oxygen atoms in total. The highest BCUT2D eigenvalue weighted by Gasteiger charge is 2.18. The van der Waals surface area contributed by atoms with Crippen molar-refractivity contribution in [3.63, 3.8) is 0 Å². The molecule has 0 saturated carbocycles. The smallest absolute Gasteiger partial charge is 0.335 e. The molecule has 0 spiro atoms. The lowest BCUT2D eigenvalue weighted by Gasteiger charge is -2.06. The average molecular weight is 436 g/mol. The van der Waals surface area contributed by atoms with Crippen molar-refractivity contribution < 1.29 is 24.5 Å². The van der Waals surface area contributed by atoms with E-state index in [2.05, 4.69) is 10.5 Å². The van der Waals surface area contributed by atoms with Gasteiger partial charge in [-0.05, 0) is 66.9 Å². The summed E-state index contributed by atoms with van der Waals surface area (Å²) in [4.78, 5) is 24.2. The Balaban J connectivity index is 1.52. The first-order chi connectivity index (χ1) is 14.8. The number of nitrogens with zero attached hydrogens (tertiary/aromatic N) is 1. The minimum Gasteiger partial charge on any atom is -0.506 e. The van der Waals surface area contributed by atoms with E-state index in [-0.39, 0.29) is 11.3 Å². The molecule has 31 heavy (non-hydrogen) atoms. The van der Waals surface area contributed by atoms with E-state index in [4.69, 9.17) is 9.84 Å². The number of ether oxygens (including phenoxy) is 1. The Labute approximate surface area is 182 Å². The van der Waals surface area contributed by atoms with Gasteiger partial charge in [-0.3, -0.25) is 4.79 Å². The SMILES string of the molecule is C/C(=N\NC(=O)c1ccc(C(=O)O)c(C)c1)c1csc(-c2ccc3c(c2)CCO3)c1O. The molecule has 0 radical (unpaired) electrons. The first-order valence-electron chi connectivity index (χ1n) is 9.60. The number of carboxylic acid groups (broad SMARTS) is 1. The van der Waals surface area contributed by atoms with Gasteiger partial charge in [0.25, 0.3) is 5.91 Å². The van der Waals surface area contributed by atoms with Crippen molar-refractivity contribution in [3.8, 4) is 21.9 Å². The van der Waals surface area contributed by atoms with Crippen LogP contribution >= 0.6 is 11.3 Å². The van der Waals surface area contributed by atoms with Crippen molar-refractivity contribution in [1.29, 1.82) is 0 Å². The van der Waals surface area contributed by atoms with Crippen LogP contribution in [0, 0.1) is 6.92 Å². The quantitative estimate of drug-likeness (QED) is 0.410. The van der Waals surface area contributed by atoms with Crippen LogP contribution in [-0.4, -0.2) is 34.4 Å². The van der Waals surface area contributed by atoms with Gasteiger partial charge in [-0.2, -0.15) is 5.10 Å². The Morgan fingerprint density at radius 1 is 1.16 bits per heavy atom. The number of fused-ring (bicyclic) bond motifs is 1. The number of hydrogen-bond donors (Lipinski definition) is 3. The molecule has 2 aromatic carbocycles. The second-order valence-corrected chi connectivity index (χ2v) is 8.10. The van der Waals surface area contributed by atoms with Gasteiger partial charge in [0.1, 0.15) is 11.5 Å². The number of aromatic hydroxyl groups is 1. The molecule has 158 valence electrons. The predicted octanol–water partition coefficient (Wildman–Crippen LogP) is 4.22. The second kappa shape index (κ2) is 8.23. The van der Waals surface area contributed by atoms with Gasteiger partial charge in [0.2, 0.25) is 0 Å². The first kappa shape index (κ1) is 20.6. The number of rotatable bonds is 5. The maximum atomic E-state index is 12.4. The van der Waals surface area contributed by atoms with Crippen molar-refractivity contribution in [3.05, 3.63) is 69.6 Å². The zero-order chi connectivity index (χ0) is 22.1. The summed E-state index contributed by atoms with van der Waals surface area (Å²) >= 11 is 1.40. The van der Waals surface area contributed by atoms with E-state index >= 15 is 0 Å². The van der Waals surface area contributed by atoms with Crippen molar-refractivity contribution in [2.24, 2.45) is 5.10 Å². The van der Waals surface area contributed by atoms with Crippen LogP contribution in [0.15, 0.2) is 46.9 Å². The molecule has 0 unspecified atom stereocenters. The van der Waals surface area contributed by atoms with Crippen molar-refractivity contribution in [2.45, 2.75) is 20.3 Å². The number of amides is 1. The van der Waals surface area contributed by atoms with Gasteiger partial charge in [-0.1, -0.05) is 0 Å². The molecule has 1 aliphatic heterocycles. The van der Waals surface area contributed by atoms with E-state index in [0.29, 0.717) is 29.0 Å². The number of carbonyl (C=O) groups is 2. The molecular formula is C23H20N2O5S. The fourth-order valence-corrected chi connectivity index (χ4v) is 4.45. The number of carbonyl (C=O) groups excluding carboxylic acids is 1. The molecule has 2 heterocycles. The lowest BCUT2D eigenvalue weighted by molar-refractivity contribution is 0.0695. The number of aryl methyl sites for hydroxylation is 1. The number of carboxylic acids is 1. The summed E-state index contributed by atoms with van der Waals surface area (Å²) in [5, 5.41) is 25.7. The number of thiophene rings is 1. The standard InChI is InChI=1S/C23H20N2O5S/c1-12-9-16(3-5-17(12)23(28)29)22(27)25-24-13(2)18-11-31-21(20(18)26)15-4-6-19-14(10-15)7-8-30-19/h3-6,9-11,26H,7-8H2,1-2H3,(H,25,27)(H,28,29)/b24-13+. The summed E-state index contributed by atoms with van der Waals surface area (Å²) < 4.78 is 5.53. The van der Waals surface area contributed by atoms with Crippen molar-refractivity contribution >= 4 is 28.9 Å². The fourth-order valence-electron chi connectivity index (χ4n) is 3.45. The molecule has 0 fully saturated rings. The van der Waals surface area contributed by atoms with Crippen LogP contribution in [0.2, 0.25) is 0 Å². The van der Waals surface area contributed by atoms with E-state index in [9.17, 15) is 14.7 Å². The van der Waals surface area contributed by atoms with Crippen LogP contribution in [0.3, 0.4) is 0 Å². The molecule has 1 aliphatic rings. The van der Waals surface area contributed by atoms with E-state index < -0.39 is 11.9 Å². The molecule has 0 atom stereocenters. The number of hydrazone groups is 1. The number of aromatic carboxylic acids is 1. The Kier molecular flexibility index (Phi) is 5.48. The van der Waals surface area contributed by atoms with Gasteiger partial charge in [-0.25, -0.2) is 10.2 Å². The van der Waals surface area contributed by atoms with Crippen LogP contribution in [0.1, 0.15) is 44.3 Å². The Morgan fingerprint density at radius 3 is 2.71 bits per heavy atom. The fraction of sp³-hybridized carbons (Fsp3) is 0.174. The molecule has 1 aromatic heterocycles. The molecule has 0 aliphatic carbocycles. The van der Waals surface area contributed by atoms with Gasteiger partial charge in [-0.15, -0.1) is 11.3 Å². The topological polar surface area (TPSA) is 108 Å². The molecule has 0 saturated heterocycles. The number of nitrogens with one attached hydrogen (secondary N) is 1. The molecule has 4 rings (SSSR count). The third-order valence-corrected chi connectivity index (χ3v) is 6.17. The third kappa shape index (κ3) is 4.02. The van der Waals surface area contributed by atoms with Gasteiger partial charge >= 0.3 is 5.97 Å². The Morgan fingerprint density at radius 2 is 1.97 bits per heavy atom. The molecule has 1 amide bonds. The maximum Gasteiger partial charge on any atom is 0.335 e. The van der Waals surface area contributed by atoms with Crippen LogP contribution in [0.5, 0.6) is 11.5 Å². The zero-order valence-electron chi connectivity index (χ0n) is 16.9. The van der Waals surface area contributed by atoms with Gasteiger partial charge < -0.3 is 14.9 Å². The third-order valence-electron chi connectivity index (χ3n) is 5.15. The lowest BCUT2D eigenvalue weighted by atomic mass is 10.0. The van der Waals surface area contributed by atoms with Crippen LogP contribution in [-0.2, 0) is 6.42 Å². The Hall–Kier alpha value is -3.65. The van der Waals surface area contributed by atoms with Crippen LogP contribution in [0.25, 0.3) is 10.4 Å². The highest BCUT2D eigenvalue weighted by Crippen LogP contribution is 2.40. The van der Waals surface area contributed by atoms with Gasteiger partial charge in [0.05, 0.1) is 28.3 Å². The predicted molar refractivity (Wildman–Crippen MR) is 118 cm³/mol. The van der Waals surface area contributed by atoms with Gasteiger partial charge in [0.15, 0.2) is 0 Å². The summed E-state index contributed by atoms with van der Waals surface area (Å²) in [5.74, 6) is -0.515. The monoisotopic (exact) mass is 436 g/mol. The highest BCUT2D eigenvalue weighted by molar-refractivity contribution is 7.14. The minimum absolute atomic E-state index is 0.112. The summed E-state index contributed by atoms with van der Waals surface area (Å²) in [6.07, 6.45) is 0.849. The summed E-state index contributed by atoms with van der Waals surface area (Å²) in [6.45, 7) is 4.00. The molecule has 8 heteroatoms. The first-order valence-corrected chi connectivity index (χ1v) is 10.5. The summed E-state index contributed by atoms with van der Waals surface area (Å²) in [7, 11) is 0. The number of benzene rings is 2. The zero-order valence-corrected chi connectivity index (χ0v) is 17.7. The maximum absolute atomic E-state index is 12.4. The van der Waals surface area contributed by atoms with Crippen molar-refractivity contribution in [2.75, 3.05) is 6.61 Å². The molecule has 0 bridgehead atoms. The lowest BCUT2D eigenvalue weighted by Crippen LogP contribution is -2.19. The van der Waals surface area contributed by atoms with E-state index in [0.717, 1.165) is 28.2 Å².